The highest BCUT2D eigenvalue weighted by Crippen LogP contribution is 2.27. The van der Waals surface area contributed by atoms with Crippen molar-refractivity contribution in [3.05, 3.63) is 70.6 Å². The second-order valence-corrected chi connectivity index (χ2v) is 5.72. The SMILES string of the molecule is CCn1c2ccc(C)cc2c2cnn(-c3ccccc3)c(=O)c21. The Bertz CT molecular complexity index is 1070. The second-order valence-electron chi connectivity index (χ2n) is 5.72. The monoisotopic (exact) mass is 303 g/mol. The van der Waals surface area contributed by atoms with E-state index in [1.54, 1.807) is 6.20 Å². The van der Waals surface area contributed by atoms with Gasteiger partial charge in [-0.2, -0.15) is 9.78 Å². The molecule has 2 aromatic carbocycles. The summed E-state index contributed by atoms with van der Waals surface area (Å²) in [5, 5.41) is 6.40. The van der Waals surface area contributed by atoms with Crippen LogP contribution in [0.15, 0.2) is 59.5 Å². The molecule has 0 amide bonds. The molecule has 2 heterocycles. The average Bonchev–Trinajstić information content (AvgIpc) is 2.90. The van der Waals surface area contributed by atoms with Crippen molar-refractivity contribution in [2.75, 3.05) is 0 Å². The smallest absolute Gasteiger partial charge is 0.296 e. The number of rotatable bonds is 2. The van der Waals surface area contributed by atoms with Crippen molar-refractivity contribution < 1.29 is 0 Å². The minimum absolute atomic E-state index is 0.0793. The third kappa shape index (κ3) is 1.99. The average molecular weight is 303 g/mol. The van der Waals surface area contributed by atoms with Crippen LogP contribution in [0.25, 0.3) is 27.5 Å². The van der Waals surface area contributed by atoms with Crippen molar-refractivity contribution in [2.45, 2.75) is 20.4 Å². The third-order valence-electron chi connectivity index (χ3n) is 4.27. The number of hydrogen-bond acceptors (Lipinski definition) is 2. The molecule has 4 aromatic rings. The molecular weight excluding hydrogens is 286 g/mol. The molecule has 4 nitrogen and oxygen atoms in total. The Morgan fingerprint density at radius 2 is 1.83 bits per heavy atom. The number of aromatic nitrogens is 3. The first-order chi connectivity index (χ1) is 11.2. The van der Waals surface area contributed by atoms with E-state index >= 15 is 0 Å². The summed E-state index contributed by atoms with van der Waals surface area (Å²) in [5.74, 6) is 0. The fourth-order valence-electron chi connectivity index (χ4n) is 3.21. The highest BCUT2D eigenvalue weighted by Gasteiger charge is 2.15. The Morgan fingerprint density at radius 3 is 2.57 bits per heavy atom. The van der Waals surface area contributed by atoms with E-state index in [0.29, 0.717) is 5.52 Å². The number of benzene rings is 2. The van der Waals surface area contributed by atoms with Gasteiger partial charge in [-0.25, -0.2) is 0 Å². The maximum Gasteiger partial charge on any atom is 0.296 e. The lowest BCUT2D eigenvalue weighted by Gasteiger charge is -2.06. The van der Waals surface area contributed by atoms with Gasteiger partial charge in [0.1, 0.15) is 5.52 Å². The molecule has 0 aliphatic carbocycles. The molecule has 0 fully saturated rings. The Labute approximate surface area is 133 Å². The lowest BCUT2D eigenvalue weighted by atomic mass is 10.1. The van der Waals surface area contributed by atoms with Crippen LogP contribution in [0.1, 0.15) is 12.5 Å². The van der Waals surface area contributed by atoms with Gasteiger partial charge < -0.3 is 4.57 Å². The summed E-state index contributed by atoms with van der Waals surface area (Å²) in [7, 11) is 0. The van der Waals surface area contributed by atoms with Gasteiger partial charge in [0, 0.05) is 22.8 Å². The third-order valence-corrected chi connectivity index (χ3v) is 4.27. The summed E-state index contributed by atoms with van der Waals surface area (Å²) < 4.78 is 3.55. The predicted octanol–water partition coefficient (Wildman–Crippen LogP) is 3.67. The minimum Gasteiger partial charge on any atom is -0.336 e. The lowest BCUT2D eigenvalue weighted by Crippen LogP contribution is -2.22. The van der Waals surface area contributed by atoms with Gasteiger partial charge in [-0.3, -0.25) is 4.79 Å². The molecule has 0 atom stereocenters. The first-order valence-electron chi connectivity index (χ1n) is 7.77. The maximum atomic E-state index is 13.0. The first-order valence-corrected chi connectivity index (χ1v) is 7.77. The summed E-state index contributed by atoms with van der Waals surface area (Å²) in [4.78, 5) is 13.0. The Balaban J connectivity index is 2.15. The summed E-state index contributed by atoms with van der Waals surface area (Å²) in [6, 6.07) is 15.8. The maximum absolute atomic E-state index is 13.0. The first kappa shape index (κ1) is 13.8. The van der Waals surface area contributed by atoms with E-state index in [0.717, 1.165) is 28.5 Å². The molecule has 0 spiro atoms. The second kappa shape index (κ2) is 5.09. The van der Waals surface area contributed by atoms with Crippen molar-refractivity contribution in [3.8, 4) is 5.69 Å². The predicted molar refractivity (Wildman–Crippen MR) is 93.2 cm³/mol. The van der Waals surface area contributed by atoms with Gasteiger partial charge in [0.2, 0.25) is 0 Å². The number of nitrogens with zero attached hydrogens (tertiary/aromatic N) is 3. The molecule has 0 N–H and O–H groups in total. The Morgan fingerprint density at radius 1 is 1.04 bits per heavy atom. The summed E-state index contributed by atoms with van der Waals surface area (Å²) in [6.45, 7) is 4.87. The molecule has 0 unspecified atom stereocenters. The number of para-hydroxylation sites is 1. The van der Waals surface area contributed by atoms with Crippen LogP contribution in [0.3, 0.4) is 0 Å². The number of hydrogen-bond donors (Lipinski definition) is 0. The molecule has 23 heavy (non-hydrogen) atoms. The van der Waals surface area contributed by atoms with E-state index < -0.39 is 0 Å². The van der Waals surface area contributed by atoms with Crippen LogP contribution in [0.4, 0.5) is 0 Å². The summed E-state index contributed by atoms with van der Waals surface area (Å²) in [6.07, 6.45) is 1.80. The van der Waals surface area contributed by atoms with E-state index in [1.165, 1.54) is 10.2 Å². The fourth-order valence-corrected chi connectivity index (χ4v) is 3.21. The Hall–Kier alpha value is -2.88. The van der Waals surface area contributed by atoms with Crippen LogP contribution in [-0.4, -0.2) is 14.3 Å². The molecule has 0 saturated heterocycles. The molecule has 0 aliphatic rings. The molecule has 0 radical (unpaired) electrons. The van der Waals surface area contributed by atoms with Gasteiger partial charge >= 0.3 is 0 Å². The number of fused-ring (bicyclic) bond motifs is 3. The van der Waals surface area contributed by atoms with E-state index in [4.69, 9.17) is 0 Å². The van der Waals surface area contributed by atoms with Gasteiger partial charge in [-0.1, -0.05) is 29.8 Å². The molecule has 0 saturated carbocycles. The zero-order valence-electron chi connectivity index (χ0n) is 13.2. The van der Waals surface area contributed by atoms with Crippen molar-refractivity contribution in [2.24, 2.45) is 0 Å². The van der Waals surface area contributed by atoms with Gasteiger partial charge in [0.25, 0.3) is 5.56 Å². The topological polar surface area (TPSA) is 39.8 Å². The molecule has 4 heteroatoms. The molecule has 0 bridgehead atoms. The van der Waals surface area contributed by atoms with Crippen LogP contribution in [0.2, 0.25) is 0 Å². The van der Waals surface area contributed by atoms with Crippen LogP contribution in [0.5, 0.6) is 0 Å². The molecule has 2 aromatic heterocycles. The largest absolute Gasteiger partial charge is 0.336 e. The van der Waals surface area contributed by atoms with Gasteiger partial charge in [-0.05, 0) is 38.1 Å². The summed E-state index contributed by atoms with van der Waals surface area (Å²) >= 11 is 0. The zero-order valence-corrected chi connectivity index (χ0v) is 13.2. The van der Waals surface area contributed by atoms with Crippen LogP contribution >= 0.6 is 0 Å². The van der Waals surface area contributed by atoms with Gasteiger partial charge in [0.15, 0.2) is 0 Å². The van der Waals surface area contributed by atoms with Gasteiger partial charge in [0.05, 0.1) is 11.9 Å². The Kier molecular flexibility index (Phi) is 3.05. The van der Waals surface area contributed by atoms with E-state index in [-0.39, 0.29) is 5.56 Å². The fraction of sp³-hybridized carbons (Fsp3) is 0.158. The van der Waals surface area contributed by atoms with Gasteiger partial charge in [-0.15, -0.1) is 0 Å². The zero-order chi connectivity index (χ0) is 16.0. The summed E-state index contributed by atoms with van der Waals surface area (Å²) in [5.41, 5.74) is 3.68. The van der Waals surface area contributed by atoms with Crippen molar-refractivity contribution in [3.63, 3.8) is 0 Å². The van der Waals surface area contributed by atoms with E-state index in [2.05, 4.69) is 41.7 Å². The van der Waals surface area contributed by atoms with Crippen molar-refractivity contribution >= 4 is 21.8 Å². The standard InChI is InChI=1S/C19H17N3O/c1-3-21-17-10-9-13(2)11-15(17)16-12-20-22(19(23)18(16)21)14-7-5-4-6-8-14/h4-12H,3H2,1-2H3. The normalized spacial score (nSPS) is 11.4. The molecule has 114 valence electrons. The van der Waals surface area contributed by atoms with E-state index in [1.807, 2.05) is 30.3 Å². The molecular formula is C19H17N3O. The van der Waals surface area contributed by atoms with Crippen LogP contribution in [-0.2, 0) is 6.54 Å². The van der Waals surface area contributed by atoms with Crippen molar-refractivity contribution in [1.29, 1.82) is 0 Å². The van der Waals surface area contributed by atoms with Crippen LogP contribution < -0.4 is 5.56 Å². The quantitative estimate of drug-likeness (QED) is 0.567. The van der Waals surface area contributed by atoms with Crippen molar-refractivity contribution in [1.82, 2.24) is 14.3 Å². The molecule has 4 rings (SSSR count). The van der Waals surface area contributed by atoms with Crippen LogP contribution in [0, 0.1) is 6.92 Å². The highest BCUT2D eigenvalue weighted by atomic mass is 16.1. The highest BCUT2D eigenvalue weighted by molar-refractivity contribution is 6.07. The molecule has 0 aliphatic heterocycles. The lowest BCUT2D eigenvalue weighted by molar-refractivity contribution is 0.783. The van der Waals surface area contributed by atoms with E-state index in [9.17, 15) is 4.79 Å². The number of aryl methyl sites for hydroxylation is 2. The minimum atomic E-state index is -0.0793.